The van der Waals surface area contributed by atoms with Gasteiger partial charge in [-0.1, -0.05) is 29.8 Å². The molecule has 0 saturated heterocycles. The number of halogens is 1. The van der Waals surface area contributed by atoms with Crippen LogP contribution in [0.15, 0.2) is 60.8 Å². The molecule has 140 valence electrons. The van der Waals surface area contributed by atoms with Gasteiger partial charge in [0.05, 0.1) is 24.0 Å². The van der Waals surface area contributed by atoms with Crippen LogP contribution in [0.2, 0.25) is 5.02 Å². The quantitative estimate of drug-likeness (QED) is 0.469. The standard InChI is InChI=1S/C21H18ClN5O/c1-13-11-19(25-17-12-15(22)8-9-18(17)28-2)27-21(24-13)26-16-7-3-5-14-6-4-10-23-20(14)16/h3-12H,1-2H3,(H2,24,25,26,27). The summed E-state index contributed by atoms with van der Waals surface area (Å²) < 4.78 is 5.39. The summed E-state index contributed by atoms with van der Waals surface area (Å²) in [6.45, 7) is 1.91. The van der Waals surface area contributed by atoms with Gasteiger partial charge in [-0.25, -0.2) is 4.98 Å². The lowest BCUT2D eigenvalue weighted by Gasteiger charge is -2.13. The molecule has 0 amide bonds. The topological polar surface area (TPSA) is 72.0 Å². The average Bonchev–Trinajstić information content (AvgIpc) is 2.68. The number of nitrogens with one attached hydrogen (secondary N) is 2. The van der Waals surface area contributed by atoms with E-state index in [9.17, 15) is 0 Å². The number of anilines is 4. The lowest BCUT2D eigenvalue weighted by Crippen LogP contribution is -2.03. The molecule has 6 nitrogen and oxygen atoms in total. The zero-order valence-electron chi connectivity index (χ0n) is 15.4. The normalized spacial score (nSPS) is 10.7. The second-order valence-electron chi connectivity index (χ2n) is 6.19. The molecule has 0 aliphatic heterocycles. The zero-order valence-corrected chi connectivity index (χ0v) is 16.2. The van der Waals surface area contributed by atoms with Gasteiger partial charge in [0.15, 0.2) is 0 Å². The van der Waals surface area contributed by atoms with Crippen LogP contribution in [0.4, 0.5) is 23.1 Å². The Hall–Kier alpha value is -3.38. The molecule has 0 fully saturated rings. The number of rotatable bonds is 5. The molecule has 0 spiro atoms. The molecular formula is C21H18ClN5O. The first kappa shape index (κ1) is 18.0. The van der Waals surface area contributed by atoms with Gasteiger partial charge in [-0.2, -0.15) is 4.98 Å². The molecule has 4 aromatic rings. The van der Waals surface area contributed by atoms with Gasteiger partial charge in [0.1, 0.15) is 11.6 Å². The number of hydrogen-bond donors (Lipinski definition) is 2. The van der Waals surface area contributed by atoms with Crippen LogP contribution in [0.3, 0.4) is 0 Å². The maximum absolute atomic E-state index is 6.12. The van der Waals surface area contributed by atoms with E-state index in [1.807, 2.05) is 43.3 Å². The molecule has 0 radical (unpaired) electrons. The molecule has 0 aliphatic rings. The maximum Gasteiger partial charge on any atom is 0.229 e. The smallest absolute Gasteiger partial charge is 0.229 e. The summed E-state index contributed by atoms with van der Waals surface area (Å²) in [6.07, 6.45) is 1.77. The van der Waals surface area contributed by atoms with E-state index in [0.717, 1.165) is 28.0 Å². The molecule has 0 unspecified atom stereocenters. The van der Waals surface area contributed by atoms with Crippen molar-refractivity contribution in [3.63, 3.8) is 0 Å². The van der Waals surface area contributed by atoms with Gasteiger partial charge in [-0.15, -0.1) is 0 Å². The summed E-state index contributed by atoms with van der Waals surface area (Å²) in [5.74, 6) is 1.78. The van der Waals surface area contributed by atoms with E-state index in [4.69, 9.17) is 16.3 Å². The van der Waals surface area contributed by atoms with Crippen molar-refractivity contribution in [2.45, 2.75) is 6.92 Å². The van der Waals surface area contributed by atoms with Crippen molar-refractivity contribution in [2.75, 3.05) is 17.7 Å². The van der Waals surface area contributed by atoms with Crippen molar-refractivity contribution in [1.29, 1.82) is 0 Å². The van der Waals surface area contributed by atoms with Crippen molar-refractivity contribution in [3.8, 4) is 5.75 Å². The van der Waals surface area contributed by atoms with Crippen molar-refractivity contribution in [2.24, 2.45) is 0 Å². The lowest BCUT2D eigenvalue weighted by molar-refractivity contribution is 0.417. The van der Waals surface area contributed by atoms with E-state index in [1.54, 1.807) is 31.5 Å². The summed E-state index contributed by atoms with van der Waals surface area (Å²) >= 11 is 6.12. The number of nitrogens with zero attached hydrogens (tertiary/aromatic N) is 3. The lowest BCUT2D eigenvalue weighted by atomic mass is 10.2. The minimum absolute atomic E-state index is 0.474. The fourth-order valence-corrected chi connectivity index (χ4v) is 3.10. The number of aryl methyl sites for hydroxylation is 1. The number of para-hydroxylation sites is 1. The summed E-state index contributed by atoms with van der Waals surface area (Å²) in [6, 6.07) is 17.1. The molecule has 0 aliphatic carbocycles. The van der Waals surface area contributed by atoms with E-state index < -0.39 is 0 Å². The van der Waals surface area contributed by atoms with Gasteiger partial charge in [-0.3, -0.25) is 4.98 Å². The van der Waals surface area contributed by atoms with E-state index in [0.29, 0.717) is 22.5 Å². The monoisotopic (exact) mass is 391 g/mol. The molecule has 0 bridgehead atoms. The van der Waals surface area contributed by atoms with Crippen LogP contribution in [-0.2, 0) is 0 Å². The number of ether oxygens (including phenoxy) is 1. The predicted octanol–water partition coefficient (Wildman–Crippen LogP) is 5.48. The second kappa shape index (κ2) is 7.70. The highest BCUT2D eigenvalue weighted by Crippen LogP contribution is 2.31. The highest BCUT2D eigenvalue weighted by atomic mass is 35.5. The van der Waals surface area contributed by atoms with E-state index in [-0.39, 0.29) is 0 Å². The third-order valence-corrected chi connectivity index (χ3v) is 4.39. The second-order valence-corrected chi connectivity index (χ2v) is 6.63. The molecule has 2 N–H and O–H groups in total. The molecule has 4 rings (SSSR count). The van der Waals surface area contributed by atoms with Crippen LogP contribution in [0.25, 0.3) is 10.9 Å². The highest BCUT2D eigenvalue weighted by molar-refractivity contribution is 6.31. The summed E-state index contributed by atoms with van der Waals surface area (Å²) in [5.41, 5.74) is 3.25. The third kappa shape index (κ3) is 3.82. The third-order valence-electron chi connectivity index (χ3n) is 4.16. The highest BCUT2D eigenvalue weighted by Gasteiger charge is 2.09. The predicted molar refractivity (Wildman–Crippen MR) is 113 cm³/mol. The number of aromatic nitrogens is 3. The summed E-state index contributed by atoms with van der Waals surface area (Å²) in [4.78, 5) is 13.5. The van der Waals surface area contributed by atoms with Gasteiger partial charge >= 0.3 is 0 Å². The first-order chi connectivity index (χ1) is 13.6. The Labute approximate surface area is 167 Å². The number of hydrogen-bond acceptors (Lipinski definition) is 6. The van der Waals surface area contributed by atoms with Crippen molar-refractivity contribution in [3.05, 3.63) is 71.5 Å². The Kier molecular flexibility index (Phi) is 4.95. The molecule has 0 atom stereocenters. The van der Waals surface area contributed by atoms with Crippen LogP contribution < -0.4 is 15.4 Å². The van der Waals surface area contributed by atoms with E-state index in [2.05, 4.69) is 25.6 Å². The minimum Gasteiger partial charge on any atom is -0.495 e. The number of benzene rings is 2. The van der Waals surface area contributed by atoms with Gasteiger partial charge in [0, 0.05) is 28.4 Å². The first-order valence-electron chi connectivity index (χ1n) is 8.69. The molecule has 2 aromatic heterocycles. The Morgan fingerprint density at radius 3 is 2.64 bits per heavy atom. The van der Waals surface area contributed by atoms with Crippen molar-refractivity contribution < 1.29 is 4.74 Å². The fraction of sp³-hybridized carbons (Fsp3) is 0.0952. The summed E-state index contributed by atoms with van der Waals surface area (Å²) in [5, 5.41) is 8.17. The average molecular weight is 392 g/mol. The van der Waals surface area contributed by atoms with Gasteiger partial charge in [-0.05, 0) is 37.3 Å². The zero-order chi connectivity index (χ0) is 19.5. The largest absolute Gasteiger partial charge is 0.495 e. The Morgan fingerprint density at radius 1 is 0.929 bits per heavy atom. The molecule has 2 aromatic carbocycles. The first-order valence-corrected chi connectivity index (χ1v) is 9.07. The number of fused-ring (bicyclic) bond motifs is 1. The van der Waals surface area contributed by atoms with Crippen LogP contribution in [-0.4, -0.2) is 22.1 Å². The van der Waals surface area contributed by atoms with Crippen molar-refractivity contribution in [1.82, 2.24) is 15.0 Å². The van der Waals surface area contributed by atoms with Crippen molar-refractivity contribution >= 4 is 45.6 Å². The SMILES string of the molecule is COc1ccc(Cl)cc1Nc1cc(C)nc(Nc2cccc3cccnc23)n1. The van der Waals surface area contributed by atoms with Crippen LogP contribution >= 0.6 is 11.6 Å². The molecule has 2 heterocycles. The molecule has 7 heteroatoms. The van der Waals surface area contributed by atoms with Crippen LogP contribution in [0.1, 0.15) is 5.69 Å². The number of pyridine rings is 1. The molecular weight excluding hydrogens is 374 g/mol. The Morgan fingerprint density at radius 2 is 1.79 bits per heavy atom. The summed E-state index contributed by atoms with van der Waals surface area (Å²) in [7, 11) is 1.61. The number of methoxy groups -OCH3 is 1. The van der Waals surface area contributed by atoms with Gasteiger partial charge < -0.3 is 15.4 Å². The fourth-order valence-electron chi connectivity index (χ4n) is 2.93. The maximum atomic E-state index is 6.12. The van der Waals surface area contributed by atoms with E-state index in [1.165, 1.54) is 0 Å². The Bertz CT molecular complexity index is 1140. The van der Waals surface area contributed by atoms with Gasteiger partial charge in [0.2, 0.25) is 5.95 Å². The molecule has 0 saturated carbocycles. The van der Waals surface area contributed by atoms with Gasteiger partial charge in [0.25, 0.3) is 0 Å². The molecule has 28 heavy (non-hydrogen) atoms. The van der Waals surface area contributed by atoms with E-state index >= 15 is 0 Å². The van der Waals surface area contributed by atoms with Crippen LogP contribution in [0.5, 0.6) is 5.75 Å². The van der Waals surface area contributed by atoms with Crippen LogP contribution in [0, 0.1) is 6.92 Å². The minimum atomic E-state index is 0.474. The Balaban J connectivity index is 1.67.